The van der Waals surface area contributed by atoms with Gasteiger partial charge in [-0.05, 0) is 36.6 Å². The molecule has 0 aromatic heterocycles. The second kappa shape index (κ2) is 9.53. The van der Waals surface area contributed by atoms with Crippen LogP contribution in [0.25, 0.3) is 0 Å². The minimum atomic E-state index is -3.55. The number of carbonyl (C=O) groups is 1. The topological polar surface area (TPSA) is 75.7 Å². The standard InChI is InChI=1S/C20H26N2O4S/c1-16-9-4-6-11-18(16)26-14-8-13-20(23)21-15-17-10-5-7-12-19(17)27(24,25)22(2)3/h4-7,9-12H,8,13-15H2,1-3H3,(H,21,23). The fourth-order valence-corrected chi connectivity index (χ4v) is 3.63. The van der Waals surface area contributed by atoms with Gasteiger partial charge in [-0.3, -0.25) is 4.79 Å². The molecule has 0 saturated carbocycles. The molecule has 1 N–H and O–H groups in total. The van der Waals surface area contributed by atoms with Gasteiger partial charge in [0.2, 0.25) is 15.9 Å². The van der Waals surface area contributed by atoms with Gasteiger partial charge in [0.05, 0.1) is 11.5 Å². The molecule has 0 aliphatic heterocycles. The van der Waals surface area contributed by atoms with Crippen LogP contribution in [0.3, 0.4) is 0 Å². The molecular weight excluding hydrogens is 364 g/mol. The van der Waals surface area contributed by atoms with Crippen LogP contribution in [0.15, 0.2) is 53.4 Å². The van der Waals surface area contributed by atoms with Crippen molar-refractivity contribution in [2.24, 2.45) is 0 Å². The predicted molar refractivity (Wildman–Crippen MR) is 105 cm³/mol. The number of hydrogen-bond donors (Lipinski definition) is 1. The monoisotopic (exact) mass is 390 g/mol. The van der Waals surface area contributed by atoms with Crippen molar-refractivity contribution in [3.05, 3.63) is 59.7 Å². The predicted octanol–water partition coefficient (Wildman–Crippen LogP) is 2.72. The number of ether oxygens (including phenoxy) is 1. The zero-order chi connectivity index (χ0) is 19.9. The molecule has 0 bridgehead atoms. The van der Waals surface area contributed by atoms with E-state index in [1.807, 2.05) is 31.2 Å². The number of aryl methyl sites for hydroxylation is 1. The van der Waals surface area contributed by atoms with Crippen LogP contribution in [0.2, 0.25) is 0 Å². The van der Waals surface area contributed by atoms with Crippen molar-refractivity contribution in [2.45, 2.75) is 31.2 Å². The molecule has 0 radical (unpaired) electrons. The zero-order valence-corrected chi connectivity index (χ0v) is 16.8. The Hall–Kier alpha value is -2.38. The van der Waals surface area contributed by atoms with Crippen LogP contribution in [0.1, 0.15) is 24.0 Å². The smallest absolute Gasteiger partial charge is 0.242 e. The number of amides is 1. The van der Waals surface area contributed by atoms with Gasteiger partial charge in [0.1, 0.15) is 5.75 Å². The molecule has 1 amide bonds. The quantitative estimate of drug-likeness (QED) is 0.668. The van der Waals surface area contributed by atoms with Crippen molar-refractivity contribution < 1.29 is 17.9 Å². The van der Waals surface area contributed by atoms with Crippen molar-refractivity contribution in [2.75, 3.05) is 20.7 Å². The third-order valence-electron chi connectivity index (χ3n) is 4.11. The minimum absolute atomic E-state index is 0.138. The average molecular weight is 391 g/mol. The van der Waals surface area contributed by atoms with Crippen LogP contribution in [0, 0.1) is 6.92 Å². The summed E-state index contributed by atoms with van der Waals surface area (Å²) in [7, 11) is -0.579. The average Bonchev–Trinajstić information content (AvgIpc) is 2.65. The van der Waals surface area contributed by atoms with Gasteiger partial charge in [0, 0.05) is 27.1 Å². The number of hydrogen-bond acceptors (Lipinski definition) is 4. The van der Waals surface area contributed by atoms with E-state index in [-0.39, 0.29) is 17.3 Å². The van der Waals surface area contributed by atoms with E-state index in [0.29, 0.717) is 25.0 Å². The fourth-order valence-electron chi connectivity index (χ4n) is 2.51. The van der Waals surface area contributed by atoms with Crippen molar-refractivity contribution in [3.63, 3.8) is 0 Å². The maximum absolute atomic E-state index is 12.4. The lowest BCUT2D eigenvalue weighted by molar-refractivity contribution is -0.121. The molecule has 0 aliphatic carbocycles. The first-order valence-corrected chi connectivity index (χ1v) is 10.2. The van der Waals surface area contributed by atoms with E-state index < -0.39 is 10.0 Å². The Morgan fingerprint density at radius 2 is 1.74 bits per heavy atom. The number of para-hydroxylation sites is 1. The Morgan fingerprint density at radius 1 is 1.07 bits per heavy atom. The van der Waals surface area contributed by atoms with E-state index in [2.05, 4.69) is 5.32 Å². The van der Waals surface area contributed by atoms with Gasteiger partial charge < -0.3 is 10.1 Å². The molecule has 146 valence electrons. The molecule has 6 nitrogen and oxygen atoms in total. The second-order valence-corrected chi connectivity index (χ2v) is 8.51. The lowest BCUT2D eigenvalue weighted by atomic mass is 10.2. The summed E-state index contributed by atoms with van der Waals surface area (Å²) in [5, 5.41) is 2.78. The molecule has 0 aliphatic rings. The Morgan fingerprint density at radius 3 is 2.44 bits per heavy atom. The van der Waals surface area contributed by atoms with E-state index in [1.165, 1.54) is 14.1 Å². The number of sulfonamides is 1. The summed E-state index contributed by atoms with van der Waals surface area (Å²) in [6, 6.07) is 14.4. The van der Waals surface area contributed by atoms with E-state index in [1.54, 1.807) is 24.3 Å². The molecule has 2 aromatic carbocycles. The highest BCUT2D eigenvalue weighted by Gasteiger charge is 2.20. The molecule has 0 unspecified atom stereocenters. The first-order chi connectivity index (χ1) is 12.8. The Labute approximate surface area is 161 Å². The molecule has 0 fully saturated rings. The molecule has 0 spiro atoms. The van der Waals surface area contributed by atoms with Crippen LogP contribution >= 0.6 is 0 Å². The summed E-state index contributed by atoms with van der Waals surface area (Å²) in [4.78, 5) is 12.3. The number of benzene rings is 2. The number of rotatable bonds is 9. The molecule has 7 heteroatoms. The fraction of sp³-hybridized carbons (Fsp3) is 0.350. The molecule has 0 heterocycles. The van der Waals surface area contributed by atoms with Crippen molar-refractivity contribution >= 4 is 15.9 Å². The third-order valence-corrected chi connectivity index (χ3v) is 6.02. The van der Waals surface area contributed by atoms with E-state index in [9.17, 15) is 13.2 Å². The van der Waals surface area contributed by atoms with Crippen LogP contribution < -0.4 is 10.1 Å². The van der Waals surface area contributed by atoms with E-state index >= 15 is 0 Å². The Kier molecular flexibility index (Phi) is 7.38. The maximum atomic E-state index is 12.4. The molecule has 27 heavy (non-hydrogen) atoms. The highest BCUT2D eigenvalue weighted by Crippen LogP contribution is 2.18. The van der Waals surface area contributed by atoms with E-state index in [0.717, 1.165) is 15.6 Å². The first-order valence-electron chi connectivity index (χ1n) is 8.78. The minimum Gasteiger partial charge on any atom is -0.493 e. The van der Waals surface area contributed by atoms with E-state index in [4.69, 9.17) is 4.74 Å². The Bertz CT molecular complexity index is 879. The highest BCUT2D eigenvalue weighted by molar-refractivity contribution is 7.89. The molecular formula is C20H26N2O4S. The number of nitrogens with zero attached hydrogens (tertiary/aromatic N) is 1. The Balaban J connectivity index is 1.84. The number of nitrogens with one attached hydrogen (secondary N) is 1. The molecule has 0 atom stereocenters. The third kappa shape index (κ3) is 5.80. The maximum Gasteiger partial charge on any atom is 0.242 e. The summed E-state index contributed by atoms with van der Waals surface area (Å²) in [6.45, 7) is 2.59. The summed E-state index contributed by atoms with van der Waals surface area (Å²) < 4.78 is 31.6. The van der Waals surface area contributed by atoms with Crippen LogP contribution in [0.5, 0.6) is 5.75 Å². The van der Waals surface area contributed by atoms with Gasteiger partial charge >= 0.3 is 0 Å². The van der Waals surface area contributed by atoms with Gasteiger partial charge in [0.25, 0.3) is 0 Å². The summed E-state index contributed by atoms with van der Waals surface area (Å²) in [5.74, 6) is 0.682. The lowest BCUT2D eigenvalue weighted by Crippen LogP contribution is -2.27. The molecule has 2 aromatic rings. The van der Waals surface area contributed by atoms with Gasteiger partial charge in [-0.1, -0.05) is 36.4 Å². The summed E-state index contributed by atoms with van der Waals surface area (Å²) in [5.41, 5.74) is 1.62. The van der Waals surface area contributed by atoms with Crippen LogP contribution in [-0.2, 0) is 21.4 Å². The SMILES string of the molecule is Cc1ccccc1OCCCC(=O)NCc1ccccc1S(=O)(=O)N(C)C. The van der Waals surface area contributed by atoms with Gasteiger partial charge in [-0.15, -0.1) is 0 Å². The summed E-state index contributed by atoms with van der Waals surface area (Å²) >= 11 is 0. The first kappa shape index (κ1) is 20.9. The van der Waals surface area contributed by atoms with Gasteiger partial charge in [-0.25, -0.2) is 12.7 Å². The van der Waals surface area contributed by atoms with Crippen LogP contribution in [-0.4, -0.2) is 39.3 Å². The number of carbonyl (C=O) groups excluding carboxylic acids is 1. The zero-order valence-electron chi connectivity index (χ0n) is 15.9. The van der Waals surface area contributed by atoms with Gasteiger partial charge in [-0.2, -0.15) is 0 Å². The normalized spacial score (nSPS) is 11.4. The van der Waals surface area contributed by atoms with Crippen LogP contribution in [0.4, 0.5) is 0 Å². The largest absolute Gasteiger partial charge is 0.493 e. The molecule has 0 saturated heterocycles. The van der Waals surface area contributed by atoms with Gasteiger partial charge in [0.15, 0.2) is 0 Å². The highest BCUT2D eigenvalue weighted by atomic mass is 32.2. The van der Waals surface area contributed by atoms with Crippen molar-refractivity contribution in [3.8, 4) is 5.75 Å². The summed E-state index contributed by atoms with van der Waals surface area (Å²) in [6.07, 6.45) is 0.895. The van der Waals surface area contributed by atoms with Crippen molar-refractivity contribution in [1.29, 1.82) is 0 Å². The second-order valence-electron chi connectivity index (χ2n) is 6.39. The molecule has 2 rings (SSSR count). The van der Waals surface area contributed by atoms with Crippen molar-refractivity contribution in [1.82, 2.24) is 9.62 Å². The lowest BCUT2D eigenvalue weighted by Gasteiger charge is -2.15.